The fourth-order valence-corrected chi connectivity index (χ4v) is 5.10. The first kappa shape index (κ1) is 23.4. The SMILES string of the molecule is C=C(C)C(=O)OCCCCOC1CCC(C2CCC(CCCCC)CC2)CC1. The van der Waals surface area contributed by atoms with Crippen LogP contribution in [0.5, 0.6) is 0 Å². The zero-order valence-electron chi connectivity index (χ0n) is 18.6. The first-order valence-electron chi connectivity index (χ1n) is 12.0. The summed E-state index contributed by atoms with van der Waals surface area (Å²) >= 11 is 0. The van der Waals surface area contributed by atoms with Gasteiger partial charge in [-0.05, 0) is 76.0 Å². The third-order valence-corrected chi connectivity index (χ3v) is 6.97. The second-order valence-electron chi connectivity index (χ2n) is 9.31. The van der Waals surface area contributed by atoms with E-state index < -0.39 is 0 Å². The van der Waals surface area contributed by atoms with Crippen LogP contribution in [0.3, 0.4) is 0 Å². The molecule has 0 radical (unpaired) electrons. The lowest BCUT2D eigenvalue weighted by molar-refractivity contribution is -0.139. The summed E-state index contributed by atoms with van der Waals surface area (Å²) in [5.74, 6) is 2.69. The Balaban J connectivity index is 1.49. The Bertz CT molecular complexity index is 443. The molecule has 2 rings (SSSR count). The first-order chi connectivity index (χ1) is 13.6. The van der Waals surface area contributed by atoms with Gasteiger partial charge >= 0.3 is 5.97 Å². The van der Waals surface area contributed by atoms with Gasteiger partial charge in [-0.25, -0.2) is 4.79 Å². The number of esters is 1. The Morgan fingerprint density at radius 3 is 2.07 bits per heavy atom. The van der Waals surface area contributed by atoms with Crippen molar-refractivity contribution < 1.29 is 14.3 Å². The van der Waals surface area contributed by atoms with Gasteiger partial charge in [0.05, 0.1) is 12.7 Å². The molecule has 0 bridgehead atoms. The summed E-state index contributed by atoms with van der Waals surface area (Å²) in [4.78, 5) is 11.3. The largest absolute Gasteiger partial charge is 0.462 e. The molecule has 0 aromatic carbocycles. The molecule has 2 aliphatic carbocycles. The third kappa shape index (κ3) is 8.68. The van der Waals surface area contributed by atoms with E-state index in [0.717, 1.165) is 37.2 Å². The molecule has 2 aliphatic rings. The number of ether oxygens (including phenoxy) is 2. The highest BCUT2D eigenvalue weighted by Crippen LogP contribution is 2.41. The predicted octanol–water partition coefficient (Wildman–Crippen LogP) is 6.85. The molecule has 0 spiro atoms. The summed E-state index contributed by atoms with van der Waals surface area (Å²) in [5.41, 5.74) is 0.470. The van der Waals surface area contributed by atoms with Crippen LogP contribution in [0.25, 0.3) is 0 Å². The molecule has 0 unspecified atom stereocenters. The molecule has 0 heterocycles. The molecule has 2 saturated carbocycles. The average molecular weight is 393 g/mol. The summed E-state index contributed by atoms with van der Waals surface area (Å²) in [6.45, 7) is 8.85. The smallest absolute Gasteiger partial charge is 0.333 e. The molecule has 28 heavy (non-hydrogen) atoms. The highest BCUT2D eigenvalue weighted by Gasteiger charge is 2.30. The summed E-state index contributed by atoms with van der Waals surface area (Å²) in [6, 6.07) is 0. The summed E-state index contributed by atoms with van der Waals surface area (Å²) in [5, 5.41) is 0. The van der Waals surface area contributed by atoms with Crippen molar-refractivity contribution in [3.8, 4) is 0 Å². The second kappa shape index (κ2) is 13.4. The van der Waals surface area contributed by atoms with E-state index in [9.17, 15) is 4.79 Å². The van der Waals surface area contributed by atoms with Crippen LogP contribution in [0.1, 0.15) is 104 Å². The molecule has 0 saturated heterocycles. The molecule has 0 atom stereocenters. The standard InChI is InChI=1S/C25H44O3/c1-4-5-6-9-21-10-12-22(13-11-21)23-14-16-24(17-15-23)27-18-7-8-19-28-25(26)20(2)3/h21-24H,2,4-19H2,1,3H3. The number of unbranched alkanes of at least 4 members (excludes halogenated alkanes) is 3. The quantitative estimate of drug-likeness (QED) is 0.207. The van der Waals surface area contributed by atoms with Crippen molar-refractivity contribution in [2.75, 3.05) is 13.2 Å². The summed E-state index contributed by atoms with van der Waals surface area (Å²) in [6.07, 6.45) is 19.1. The zero-order valence-corrected chi connectivity index (χ0v) is 18.6. The van der Waals surface area contributed by atoms with Crippen molar-refractivity contribution in [3.63, 3.8) is 0 Å². The molecule has 0 aromatic heterocycles. The van der Waals surface area contributed by atoms with E-state index in [1.165, 1.54) is 77.0 Å². The second-order valence-corrected chi connectivity index (χ2v) is 9.31. The summed E-state index contributed by atoms with van der Waals surface area (Å²) < 4.78 is 11.2. The van der Waals surface area contributed by atoms with Crippen LogP contribution in [0, 0.1) is 17.8 Å². The van der Waals surface area contributed by atoms with Crippen LogP contribution in [0.15, 0.2) is 12.2 Å². The monoisotopic (exact) mass is 392 g/mol. The first-order valence-corrected chi connectivity index (χ1v) is 12.0. The number of hydrogen-bond donors (Lipinski definition) is 0. The normalized spacial score (nSPS) is 28.1. The van der Waals surface area contributed by atoms with Crippen LogP contribution in [0.2, 0.25) is 0 Å². The minimum Gasteiger partial charge on any atom is -0.462 e. The Labute approximate surface area is 173 Å². The van der Waals surface area contributed by atoms with Gasteiger partial charge in [0.2, 0.25) is 0 Å². The Hall–Kier alpha value is -0.830. The van der Waals surface area contributed by atoms with Gasteiger partial charge in [0.1, 0.15) is 0 Å². The maximum absolute atomic E-state index is 11.3. The maximum Gasteiger partial charge on any atom is 0.333 e. The van der Waals surface area contributed by atoms with Crippen LogP contribution in [0.4, 0.5) is 0 Å². The Morgan fingerprint density at radius 2 is 1.46 bits per heavy atom. The highest BCUT2D eigenvalue weighted by molar-refractivity contribution is 5.86. The number of rotatable bonds is 12. The van der Waals surface area contributed by atoms with Gasteiger partial charge in [-0.3, -0.25) is 0 Å². The molecule has 0 N–H and O–H groups in total. The molecular weight excluding hydrogens is 348 g/mol. The Morgan fingerprint density at radius 1 is 0.857 bits per heavy atom. The van der Waals surface area contributed by atoms with Gasteiger partial charge in [-0.15, -0.1) is 0 Å². The molecular formula is C25H44O3. The lowest BCUT2D eigenvalue weighted by Crippen LogP contribution is -2.28. The van der Waals surface area contributed by atoms with Crippen LogP contribution < -0.4 is 0 Å². The van der Waals surface area contributed by atoms with Crippen LogP contribution >= 0.6 is 0 Å². The minimum absolute atomic E-state index is 0.283. The number of carbonyl (C=O) groups is 1. The van der Waals surface area contributed by atoms with Crippen molar-refractivity contribution in [1.29, 1.82) is 0 Å². The fourth-order valence-electron chi connectivity index (χ4n) is 5.10. The molecule has 0 aromatic rings. The molecule has 2 fully saturated rings. The van der Waals surface area contributed by atoms with E-state index in [2.05, 4.69) is 13.5 Å². The van der Waals surface area contributed by atoms with Crippen molar-refractivity contribution in [3.05, 3.63) is 12.2 Å². The summed E-state index contributed by atoms with van der Waals surface area (Å²) in [7, 11) is 0. The van der Waals surface area contributed by atoms with Crippen LogP contribution in [-0.2, 0) is 14.3 Å². The van der Waals surface area contributed by atoms with Gasteiger partial charge in [-0.1, -0.05) is 52.0 Å². The number of hydrogen-bond acceptors (Lipinski definition) is 3. The lowest BCUT2D eigenvalue weighted by atomic mass is 9.70. The minimum atomic E-state index is -0.283. The van der Waals surface area contributed by atoms with Gasteiger partial charge in [-0.2, -0.15) is 0 Å². The van der Waals surface area contributed by atoms with E-state index in [-0.39, 0.29) is 5.97 Å². The molecule has 3 heteroatoms. The van der Waals surface area contributed by atoms with Crippen molar-refractivity contribution in [2.24, 2.45) is 17.8 Å². The maximum atomic E-state index is 11.3. The van der Waals surface area contributed by atoms with Crippen molar-refractivity contribution >= 4 is 5.97 Å². The van der Waals surface area contributed by atoms with Crippen LogP contribution in [-0.4, -0.2) is 25.3 Å². The fraction of sp³-hybridized carbons (Fsp3) is 0.880. The zero-order chi connectivity index (χ0) is 20.2. The highest BCUT2D eigenvalue weighted by atomic mass is 16.5. The third-order valence-electron chi connectivity index (χ3n) is 6.97. The van der Waals surface area contributed by atoms with E-state index >= 15 is 0 Å². The topological polar surface area (TPSA) is 35.5 Å². The van der Waals surface area contributed by atoms with Crippen molar-refractivity contribution in [2.45, 2.75) is 110 Å². The lowest BCUT2D eigenvalue weighted by Gasteiger charge is -2.38. The van der Waals surface area contributed by atoms with E-state index in [1.54, 1.807) is 6.92 Å². The van der Waals surface area contributed by atoms with Gasteiger partial charge in [0.25, 0.3) is 0 Å². The molecule has 3 nitrogen and oxygen atoms in total. The Kier molecular flexibility index (Phi) is 11.2. The molecule has 0 aliphatic heterocycles. The predicted molar refractivity (Wildman–Crippen MR) is 116 cm³/mol. The van der Waals surface area contributed by atoms with Gasteiger partial charge in [0, 0.05) is 12.2 Å². The number of carbonyl (C=O) groups excluding carboxylic acids is 1. The van der Waals surface area contributed by atoms with Gasteiger partial charge in [0.15, 0.2) is 0 Å². The van der Waals surface area contributed by atoms with Crippen molar-refractivity contribution in [1.82, 2.24) is 0 Å². The van der Waals surface area contributed by atoms with Gasteiger partial charge < -0.3 is 9.47 Å². The van der Waals surface area contributed by atoms with E-state index in [0.29, 0.717) is 18.3 Å². The van der Waals surface area contributed by atoms with E-state index in [1.807, 2.05) is 0 Å². The van der Waals surface area contributed by atoms with E-state index in [4.69, 9.17) is 9.47 Å². The average Bonchev–Trinajstić information content (AvgIpc) is 2.71. The molecule has 162 valence electrons. The molecule has 0 amide bonds.